The zero-order chi connectivity index (χ0) is 12.4. The molecule has 0 bridgehead atoms. The molecule has 5 rings (SSSR count). The predicted octanol–water partition coefficient (Wildman–Crippen LogP) is 4.34. The van der Waals surface area contributed by atoms with Crippen molar-refractivity contribution in [3.05, 3.63) is 71.3 Å². The second-order valence-electron chi connectivity index (χ2n) is 5.24. The highest BCUT2D eigenvalue weighted by Crippen LogP contribution is 2.48. The second kappa shape index (κ2) is 3.12. The molecule has 0 spiro atoms. The zero-order valence-electron chi connectivity index (χ0n) is 10.3. The highest BCUT2D eigenvalue weighted by Gasteiger charge is 2.30. The van der Waals surface area contributed by atoms with Crippen LogP contribution in [0.5, 0.6) is 0 Å². The summed E-state index contributed by atoms with van der Waals surface area (Å²) in [7, 11) is 0. The summed E-state index contributed by atoms with van der Waals surface area (Å²) >= 11 is 0. The first kappa shape index (κ1) is 9.51. The van der Waals surface area contributed by atoms with E-state index in [4.69, 9.17) is 4.99 Å². The van der Waals surface area contributed by atoms with Crippen molar-refractivity contribution in [2.24, 2.45) is 4.99 Å². The van der Waals surface area contributed by atoms with Gasteiger partial charge in [0.05, 0.1) is 0 Å². The van der Waals surface area contributed by atoms with Crippen LogP contribution in [0, 0.1) is 0 Å². The Labute approximate surface area is 111 Å². The third-order valence-electron chi connectivity index (χ3n) is 4.30. The van der Waals surface area contributed by atoms with Crippen LogP contribution >= 0.6 is 0 Å². The van der Waals surface area contributed by atoms with Crippen LogP contribution in [0.4, 0.5) is 0 Å². The molecule has 2 aliphatic rings. The Bertz CT molecular complexity index is 874. The maximum atomic E-state index is 4.73. The van der Waals surface area contributed by atoms with E-state index in [0.717, 1.165) is 0 Å². The van der Waals surface area contributed by atoms with Crippen LogP contribution in [-0.4, -0.2) is 6.21 Å². The van der Waals surface area contributed by atoms with Crippen molar-refractivity contribution in [2.45, 2.75) is 6.04 Å². The van der Waals surface area contributed by atoms with Gasteiger partial charge in [-0.2, -0.15) is 0 Å². The van der Waals surface area contributed by atoms with Crippen molar-refractivity contribution in [1.29, 1.82) is 0 Å². The lowest BCUT2D eigenvalue weighted by atomic mass is 9.80. The maximum Gasteiger partial charge on any atom is 0.102 e. The summed E-state index contributed by atoms with van der Waals surface area (Å²) in [6, 6.07) is 19.8. The van der Waals surface area contributed by atoms with Gasteiger partial charge < -0.3 is 0 Å². The molecular formula is C18H11N. The van der Waals surface area contributed by atoms with Crippen molar-refractivity contribution in [3.8, 4) is 11.1 Å². The Morgan fingerprint density at radius 3 is 2.68 bits per heavy atom. The van der Waals surface area contributed by atoms with E-state index in [-0.39, 0.29) is 6.04 Å². The second-order valence-corrected chi connectivity index (χ2v) is 5.24. The van der Waals surface area contributed by atoms with Gasteiger partial charge in [-0.05, 0) is 38.6 Å². The molecule has 0 fully saturated rings. The smallest absolute Gasteiger partial charge is 0.102 e. The molecule has 0 saturated heterocycles. The van der Waals surface area contributed by atoms with E-state index in [1.54, 1.807) is 0 Å². The molecule has 1 heteroatoms. The van der Waals surface area contributed by atoms with E-state index in [1.165, 1.54) is 38.6 Å². The fourth-order valence-corrected chi connectivity index (χ4v) is 3.50. The van der Waals surface area contributed by atoms with Gasteiger partial charge in [0, 0.05) is 6.21 Å². The molecule has 0 amide bonds. The van der Waals surface area contributed by atoms with Crippen LogP contribution in [0.15, 0.2) is 59.6 Å². The van der Waals surface area contributed by atoms with E-state index in [0.29, 0.717) is 0 Å². The fourth-order valence-electron chi connectivity index (χ4n) is 3.50. The Morgan fingerprint density at radius 1 is 0.789 bits per heavy atom. The quantitative estimate of drug-likeness (QED) is 0.555. The van der Waals surface area contributed by atoms with Crippen LogP contribution in [0.25, 0.3) is 21.9 Å². The molecule has 0 saturated carbocycles. The van der Waals surface area contributed by atoms with E-state index in [2.05, 4.69) is 54.6 Å². The van der Waals surface area contributed by atoms with E-state index in [1.807, 2.05) is 6.21 Å². The maximum absolute atomic E-state index is 4.73. The third-order valence-corrected chi connectivity index (χ3v) is 4.30. The summed E-state index contributed by atoms with van der Waals surface area (Å²) < 4.78 is 0. The summed E-state index contributed by atoms with van der Waals surface area (Å²) in [5, 5.41) is 2.71. The molecule has 1 atom stereocenters. The molecular weight excluding hydrogens is 230 g/mol. The molecule has 88 valence electrons. The minimum Gasteiger partial charge on any atom is -0.280 e. The lowest BCUT2D eigenvalue weighted by Crippen LogP contribution is -2.05. The standard InChI is InChI=1S/C18H11N/c1-2-6-15-13(5-1)14-7-3-4-11-8-9-12-10-19-18(15)17(12)16(11)14/h1-10,18H. The van der Waals surface area contributed by atoms with Gasteiger partial charge in [0.25, 0.3) is 0 Å². The fraction of sp³-hybridized carbons (Fsp3) is 0.0556. The summed E-state index contributed by atoms with van der Waals surface area (Å²) in [5.41, 5.74) is 6.70. The van der Waals surface area contributed by atoms with Crippen LogP contribution in [0.1, 0.15) is 22.7 Å². The van der Waals surface area contributed by atoms with E-state index >= 15 is 0 Å². The molecule has 3 aromatic rings. The summed E-state index contributed by atoms with van der Waals surface area (Å²) in [6.45, 7) is 0. The van der Waals surface area contributed by atoms with Crippen LogP contribution < -0.4 is 0 Å². The first-order valence-electron chi connectivity index (χ1n) is 6.61. The number of aliphatic imine (C=N–C) groups is 1. The van der Waals surface area contributed by atoms with Gasteiger partial charge in [0.2, 0.25) is 0 Å². The molecule has 1 unspecified atom stereocenters. The van der Waals surface area contributed by atoms with Gasteiger partial charge >= 0.3 is 0 Å². The molecule has 19 heavy (non-hydrogen) atoms. The van der Waals surface area contributed by atoms with Crippen molar-refractivity contribution >= 4 is 17.0 Å². The molecule has 1 nitrogen and oxygen atoms in total. The van der Waals surface area contributed by atoms with E-state index in [9.17, 15) is 0 Å². The Kier molecular flexibility index (Phi) is 1.56. The molecule has 0 aromatic heterocycles. The number of nitrogens with zero attached hydrogens (tertiary/aromatic N) is 1. The molecule has 0 radical (unpaired) electrons. The van der Waals surface area contributed by atoms with Crippen molar-refractivity contribution in [3.63, 3.8) is 0 Å². The molecule has 1 aliphatic carbocycles. The highest BCUT2D eigenvalue weighted by atomic mass is 14.8. The highest BCUT2D eigenvalue weighted by molar-refractivity contribution is 6.07. The normalized spacial score (nSPS) is 17.8. The minimum absolute atomic E-state index is 0.199. The topological polar surface area (TPSA) is 12.4 Å². The monoisotopic (exact) mass is 241 g/mol. The van der Waals surface area contributed by atoms with Gasteiger partial charge in [-0.1, -0.05) is 54.6 Å². The predicted molar refractivity (Wildman–Crippen MR) is 78.8 cm³/mol. The Balaban J connectivity index is 2.08. The van der Waals surface area contributed by atoms with Gasteiger partial charge in [-0.15, -0.1) is 0 Å². The first-order valence-corrected chi connectivity index (χ1v) is 6.61. The van der Waals surface area contributed by atoms with Crippen molar-refractivity contribution in [1.82, 2.24) is 0 Å². The Morgan fingerprint density at radius 2 is 1.68 bits per heavy atom. The molecule has 0 N–H and O–H groups in total. The lowest BCUT2D eigenvalue weighted by molar-refractivity contribution is 0.904. The van der Waals surface area contributed by atoms with Crippen molar-refractivity contribution in [2.75, 3.05) is 0 Å². The first-order chi connectivity index (χ1) is 9.43. The number of hydrogen-bond acceptors (Lipinski definition) is 1. The van der Waals surface area contributed by atoms with Crippen LogP contribution in [-0.2, 0) is 0 Å². The number of rotatable bonds is 0. The number of benzene rings is 3. The average molecular weight is 241 g/mol. The molecule has 1 heterocycles. The zero-order valence-corrected chi connectivity index (χ0v) is 10.3. The minimum atomic E-state index is 0.199. The van der Waals surface area contributed by atoms with Gasteiger partial charge in [-0.25, -0.2) is 0 Å². The summed E-state index contributed by atoms with van der Waals surface area (Å²) in [6.07, 6.45) is 2.03. The van der Waals surface area contributed by atoms with Crippen LogP contribution in [0.3, 0.4) is 0 Å². The van der Waals surface area contributed by atoms with Gasteiger partial charge in [0.1, 0.15) is 6.04 Å². The summed E-state index contributed by atoms with van der Waals surface area (Å²) in [5.74, 6) is 0. The van der Waals surface area contributed by atoms with Gasteiger partial charge in [0.15, 0.2) is 0 Å². The summed E-state index contributed by atoms with van der Waals surface area (Å²) in [4.78, 5) is 4.73. The number of fused-ring (bicyclic) bond motifs is 3. The largest absolute Gasteiger partial charge is 0.280 e. The third kappa shape index (κ3) is 1.04. The molecule has 3 aromatic carbocycles. The van der Waals surface area contributed by atoms with Crippen molar-refractivity contribution < 1.29 is 0 Å². The van der Waals surface area contributed by atoms with E-state index < -0.39 is 0 Å². The lowest BCUT2D eigenvalue weighted by Gasteiger charge is -2.24. The van der Waals surface area contributed by atoms with Crippen LogP contribution in [0.2, 0.25) is 0 Å². The van der Waals surface area contributed by atoms with Gasteiger partial charge in [-0.3, -0.25) is 4.99 Å². The molecule has 1 aliphatic heterocycles. The SMILES string of the molecule is C1=NC2c3ccccc3-c3cccc4ccc1c2c34. The number of hydrogen-bond donors (Lipinski definition) is 0. The average Bonchev–Trinajstić information content (AvgIpc) is 2.91. The Hall–Kier alpha value is -2.41.